The van der Waals surface area contributed by atoms with E-state index in [1.165, 1.54) is 17.6 Å². The zero-order valence-electron chi connectivity index (χ0n) is 11.2. The van der Waals surface area contributed by atoms with Crippen LogP contribution in [-0.2, 0) is 4.79 Å². The van der Waals surface area contributed by atoms with Gasteiger partial charge in [0.1, 0.15) is 5.78 Å². The van der Waals surface area contributed by atoms with Gasteiger partial charge in [0.25, 0.3) is 0 Å². The van der Waals surface area contributed by atoms with E-state index < -0.39 is 0 Å². The average molecular weight is 220 g/mol. The summed E-state index contributed by atoms with van der Waals surface area (Å²) in [7, 11) is 0. The molecule has 0 aromatic rings. The molecule has 0 aliphatic heterocycles. The van der Waals surface area contributed by atoms with Gasteiger partial charge in [0.15, 0.2) is 0 Å². The van der Waals surface area contributed by atoms with Crippen LogP contribution in [0, 0.1) is 29.6 Å². The van der Waals surface area contributed by atoms with Gasteiger partial charge >= 0.3 is 0 Å². The van der Waals surface area contributed by atoms with E-state index in [1.54, 1.807) is 0 Å². The van der Waals surface area contributed by atoms with Gasteiger partial charge in [-0.25, -0.2) is 0 Å². The molecule has 0 radical (unpaired) electrons. The van der Waals surface area contributed by atoms with Crippen molar-refractivity contribution in [1.82, 2.24) is 0 Å². The molecule has 1 nitrogen and oxygen atoms in total. The van der Waals surface area contributed by atoms with Crippen molar-refractivity contribution in [3.05, 3.63) is 11.1 Å². The Morgan fingerprint density at radius 2 is 1.56 bits per heavy atom. The second-order valence-electron chi connectivity index (χ2n) is 6.01. The normalized spacial score (nSPS) is 44.6. The number of hydrogen-bond acceptors (Lipinski definition) is 1. The lowest BCUT2D eigenvalue weighted by molar-refractivity contribution is -0.128. The van der Waals surface area contributed by atoms with Gasteiger partial charge in [0.2, 0.25) is 0 Å². The maximum absolute atomic E-state index is 12.3. The summed E-state index contributed by atoms with van der Waals surface area (Å²) in [6.45, 7) is 11.2. The average Bonchev–Trinajstić information content (AvgIpc) is 2.27. The Morgan fingerprint density at radius 3 is 2.19 bits per heavy atom. The zero-order valence-corrected chi connectivity index (χ0v) is 11.2. The molecule has 90 valence electrons. The van der Waals surface area contributed by atoms with Crippen molar-refractivity contribution in [2.24, 2.45) is 29.6 Å². The minimum atomic E-state index is 0.231. The smallest absolute Gasteiger partial charge is 0.143 e. The van der Waals surface area contributed by atoms with Crippen molar-refractivity contribution in [3.63, 3.8) is 0 Å². The van der Waals surface area contributed by atoms with Crippen molar-refractivity contribution in [1.29, 1.82) is 0 Å². The topological polar surface area (TPSA) is 17.1 Å². The van der Waals surface area contributed by atoms with E-state index in [0.29, 0.717) is 17.6 Å². The molecule has 5 unspecified atom stereocenters. The molecular formula is C15H24O. The molecule has 0 aromatic heterocycles. The Balaban J connectivity index is 2.45. The Hall–Kier alpha value is -0.590. The van der Waals surface area contributed by atoms with Gasteiger partial charge < -0.3 is 0 Å². The van der Waals surface area contributed by atoms with E-state index in [9.17, 15) is 4.79 Å². The fourth-order valence-corrected chi connectivity index (χ4v) is 3.59. The maximum atomic E-state index is 12.3. The molecular weight excluding hydrogens is 196 g/mol. The Bertz CT molecular complexity index is 339. The number of fused-ring (bicyclic) bond motifs is 1. The van der Waals surface area contributed by atoms with Crippen molar-refractivity contribution in [2.75, 3.05) is 0 Å². The molecule has 0 N–H and O–H groups in total. The van der Waals surface area contributed by atoms with Crippen LogP contribution in [0.2, 0.25) is 0 Å². The predicted molar refractivity (Wildman–Crippen MR) is 67.1 cm³/mol. The number of rotatable bonds is 0. The Morgan fingerprint density at radius 1 is 0.938 bits per heavy atom. The van der Waals surface area contributed by atoms with Crippen LogP contribution < -0.4 is 0 Å². The zero-order chi connectivity index (χ0) is 12.0. The van der Waals surface area contributed by atoms with Gasteiger partial charge in [-0.3, -0.25) is 4.79 Å². The molecule has 1 saturated carbocycles. The third kappa shape index (κ3) is 1.56. The summed E-state index contributed by atoms with van der Waals surface area (Å²) in [6, 6.07) is 0. The van der Waals surface area contributed by atoms with Crippen LogP contribution in [0.3, 0.4) is 0 Å². The number of ketones is 1. The molecule has 1 fully saturated rings. The second-order valence-corrected chi connectivity index (χ2v) is 6.01. The molecule has 2 aliphatic carbocycles. The summed E-state index contributed by atoms with van der Waals surface area (Å²) in [5.41, 5.74) is 3.01. The number of hydrogen-bond donors (Lipinski definition) is 0. The van der Waals surface area contributed by atoms with Crippen LogP contribution in [-0.4, -0.2) is 5.78 Å². The summed E-state index contributed by atoms with van der Waals surface area (Å²) < 4.78 is 0. The van der Waals surface area contributed by atoms with Crippen LogP contribution in [0.5, 0.6) is 0 Å². The minimum Gasteiger partial charge on any atom is -0.299 e. The SMILES string of the molecule is CC1=C2C(CCC(C)C2C)C(=O)C(C)C1C. The fourth-order valence-electron chi connectivity index (χ4n) is 3.59. The molecule has 2 rings (SSSR count). The highest BCUT2D eigenvalue weighted by molar-refractivity contribution is 5.88. The Kier molecular flexibility index (Phi) is 2.98. The van der Waals surface area contributed by atoms with Crippen molar-refractivity contribution < 1.29 is 4.79 Å². The van der Waals surface area contributed by atoms with Gasteiger partial charge in [-0.1, -0.05) is 38.8 Å². The Labute approximate surface area is 99.3 Å². The molecule has 0 amide bonds. The van der Waals surface area contributed by atoms with Crippen LogP contribution >= 0.6 is 0 Å². The maximum Gasteiger partial charge on any atom is 0.143 e. The second kappa shape index (κ2) is 4.01. The molecule has 1 heteroatoms. The fraction of sp³-hybridized carbons (Fsp3) is 0.800. The van der Waals surface area contributed by atoms with Crippen LogP contribution in [0.1, 0.15) is 47.5 Å². The lowest BCUT2D eigenvalue weighted by Crippen LogP contribution is -2.39. The lowest BCUT2D eigenvalue weighted by Gasteiger charge is -2.42. The summed E-state index contributed by atoms with van der Waals surface area (Å²) in [6.07, 6.45) is 2.31. The van der Waals surface area contributed by atoms with E-state index >= 15 is 0 Å². The number of Topliss-reactive ketones (excluding diaryl/α,β-unsaturated/α-hetero) is 1. The summed E-state index contributed by atoms with van der Waals surface area (Å²) in [4.78, 5) is 12.3. The molecule has 0 saturated heterocycles. The summed E-state index contributed by atoms with van der Waals surface area (Å²) in [5.74, 6) is 2.80. The highest BCUT2D eigenvalue weighted by Gasteiger charge is 2.42. The highest BCUT2D eigenvalue weighted by atomic mass is 16.1. The molecule has 2 aliphatic rings. The van der Waals surface area contributed by atoms with E-state index in [2.05, 4.69) is 34.6 Å². The predicted octanol–water partition coefficient (Wildman–Crippen LogP) is 3.84. The van der Waals surface area contributed by atoms with Gasteiger partial charge in [0.05, 0.1) is 0 Å². The molecule has 0 heterocycles. The third-order valence-electron chi connectivity index (χ3n) is 5.31. The molecule has 16 heavy (non-hydrogen) atoms. The lowest BCUT2D eigenvalue weighted by atomic mass is 9.61. The highest BCUT2D eigenvalue weighted by Crippen LogP contribution is 2.47. The van der Waals surface area contributed by atoms with E-state index in [4.69, 9.17) is 0 Å². The molecule has 5 atom stereocenters. The van der Waals surface area contributed by atoms with Crippen molar-refractivity contribution in [2.45, 2.75) is 47.5 Å². The number of carbonyl (C=O) groups is 1. The monoisotopic (exact) mass is 220 g/mol. The minimum absolute atomic E-state index is 0.231. The van der Waals surface area contributed by atoms with E-state index in [-0.39, 0.29) is 11.8 Å². The number of allylic oxidation sites excluding steroid dienone is 2. The van der Waals surface area contributed by atoms with Gasteiger partial charge in [-0.15, -0.1) is 0 Å². The largest absolute Gasteiger partial charge is 0.299 e. The van der Waals surface area contributed by atoms with Gasteiger partial charge in [0, 0.05) is 11.8 Å². The van der Waals surface area contributed by atoms with E-state index in [0.717, 1.165) is 12.3 Å². The van der Waals surface area contributed by atoms with Gasteiger partial charge in [-0.2, -0.15) is 0 Å². The molecule has 0 spiro atoms. The van der Waals surface area contributed by atoms with Crippen LogP contribution in [0.4, 0.5) is 0 Å². The summed E-state index contributed by atoms with van der Waals surface area (Å²) >= 11 is 0. The molecule has 0 bridgehead atoms. The summed E-state index contributed by atoms with van der Waals surface area (Å²) in [5, 5.41) is 0. The first kappa shape index (κ1) is 11.9. The van der Waals surface area contributed by atoms with E-state index in [1.807, 2.05) is 0 Å². The number of carbonyl (C=O) groups excluding carboxylic acids is 1. The molecule has 0 aromatic carbocycles. The first-order valence-electron chi connectivity index (χ1n) is 6.69. The van der Waals surface area contributed by atoms with Crippen molar-refractivity contribution >= 4 is 5.78 Å². The van der Waals surface area contributed by atoms with Crippen LogP contribution in [0.25, 0.3) is 0 Å². The first-order valence-corrected chi connectivity index (χ1v) is 6.69. The van der Waals surface area contributed by atoms with Crippen molar-refractivity contribution in [3.8, 4) is 0 Å². The first-order chi connectivity index (χ1) is 7.45. The quantitative estimate of drug-likeness (QED) is 0.567. The van der Waals surface area contributed by atoms with Crippen LogP contribution in [0.15, 0.2) is 11.1 Å². The third-order valence-corrected chi connectivity index (χ3v) is 5.31. The standard InChI is InChI=1S/C15H24O/c1-8-6-7-13-14(9(8)2)11(4)10(3)12(5)15(13)16/h8-10,12-13H,6-7H2,1-5H3. The van der Waals surface area contributed by atoms with Gasteiger partial charge in [-0.05, 0) is 37.5 Å².